The van der Waals surface area contributed by atoms with Crippen LogP contribution < -0.4 is 5.73 Å². The van der Waals surface area contributed by atoms with E-state index in [1.807, 2.05) is 0 Å². The van der Waals surface area contributed by atoms with Crippen molar-refractivity contribution in [2.75, 3.05) is 12.8 Å². The molecule has 1 aromatic rings. The third kappa shape index (κ3) is 2.02. The summed E-state index contributed by atoms with van der Waals surface area (Å²) >= 11 is 0. The van der Waals surface area contributed by atoms with Gasteiger partial charge >= 0.3 is 12.1 Å². The van der Waals surface area contributed by atoms with Crippen molar-refractivity contribution in [3.05, 3.63) is 11.5 Å². The molecule has 0 aromatic carbocycles. The molecule has 0 spiro atoms. The number of nitrogen functional groups attached to an aromatic ring is 1. The molecule has 0 aliphatic carbocycles. The minimum Gasteiger partial charge on any atom is -0.464 e. The molecule has 0 saturated carbocycles. The quantitative estimate of drug-likeness (QED) is 0.777. The van der Waals surface area contributed by atoms with Crippen LogP contribution in [-0.4, -0.2) is 28.8 Å². The molecule has 2 rings (SSSR count). The zero-order valence-electron chi connectivity index (χ0n) is 9.62. The standard InChI is InChI=1S/C10H12F3N3O2/c1-18-9(17)7-8(14)15-6-4-5(10(11,12)13)2-3-16(6)7/h5H,2-4,14H2,1H3. The van der Waals surface area contributed by atoms with Gasteiger partial charge in [0.05, 0.1) is 13.0 Å². The number of rotatable bonds is 1. The Labute approximate surface area is 101 Å². The van der Waals surface area contributed by atoms with E-state index in [1.54, 1.807) is 0 Å². The lowest BCUT2D eigenvalue weighted by Gasteiger charge is -2.25. The SMILES string of the molecule is COC(=O)c1c(N)nc2n1CCC(C(F)(F)F)C2. The van der Waals surface area contributed by atoms with E-state index in [-0.39, 0.29) is 36.7 Å². The van der Waals surface area contributed by atoms with Gasteiger partial charge in [-0.25, -0.2) is 9.78 Å². The number of imidazole rings is 1. The second-order valence-corrected chi connectivity index (χ2v) is 4.14. The largest absolute Gasteiger partial charge is 0.464 e. The van der Waals surface area contributed by atoms with Crippen molar-refractivity contribution < 1.29 is 22.7 Å². The van der Waals surface area contributed by atoms with E-state index < -0.39 is 18.1 Å². The summed E-state index contributed by atoms with van der Waals surface area (Å²) in [5.41, 5.74) is 5.57. The second-order valence-electron chi connectivity index (χ2n) is 4.14. The number of alkyl halides is 3. The highest BCUT2D eigenvalue weighted by atomic mass is 19.4. The maximum Gasteiger partial charge on any atom is 0.392 e. The van der Waals surface area contributed by atoms with Gasteiger partial charge in [0.15, 0.2) is 11.5 Å². The van der Waals surface area contributed by atoms with Crippen molar-refractivity contribution in [1.82, 2.24) is 9.55 Å². The first-order chi connectivity index (χ1) is 8.34. The number of aromatic nitrogens is 2. The van der Waals surface area contributed by atoms with Gasteiger partial charge in [-0.15, -0.1) is 0 Å². The summed E-state index contributed by atoms with van der Waals surface area (Å²) in [5.74, 6) is -2.02. The molecule has 0 amide bonds. The highest BCUT2D eigenvalue weighted by Gasteiger charge is 2.42. The number of hydrogen-bond acceptors (Lipinski definition) is 4. The number of carbonyl (C=O) groups is 1. The first-order valence-electron chi connectivity index (χ1n) is 5.34. The van der Waals surface area contributed by atoms with Gasteiger partial charge < -0.3 is 15.0 Å². The molecule has 1 aliphatic rings. The molecule has 1 atom stereocenters. The number of nitrogens with zero attached hydrogens (tertiary/aromatic N) is 2. The molecule has 5 nitrogen and oxygen atoms in total. The fourth-order valence-corrected chi connectivity index (χ4v) is 2.11. The first-order valence-corrected chi connectivity index (χ1v) is 5.34. The number of halogens is 3. The Morgan fingerprint density at radius 3 is 2.78 bits per heavy atom. The van der Waals surface area contributed by atoms with Gasteiger partial charge in [0.2, 0.25) is 0 Å². The van der Waals surface area contributed by atoms with Crippen LogP contribution in [0.2, 0.25) is 0 Å². The minimum absolute atomic E-state index is 0.0353. The molecule has 1 aliphatic heterocycles. The Bertz CT molecular complexity index is 481. The van der Waals surface area contributed by atoms with Gasteiger partial charge in [0.1, 0.15) is 5.82 Å². The molecule has 8 heteroatoms. The van der Waals surface area contributed by atoms with Crippen molar-refractivity contribution in [2.24, 2.45) is 5.92 Å². The average Bonchev–Trinajstić information content (AvgIpc) is 2.61. The Kier molecular flexibility index (Phi) is 2.95. The van der Waals surface area contributed by atoms with Crippen molar-refractivity contribution in [2.45, 2.75) is 25.6 Å². The second kappa shape index (κ2) is 4.18. The van der Waals surface area contributed by atoms with Gasteiger partial charge in [-0.05, 0) is 6.42 Å². The first kappa shape index (κ1) is 12.7. The summed E-state index contributed by atoms with van der Waals surface area (Å²) in [7, 11) is 1.18. The van der Waals surface area contributed by atoms with Crippen LogP contribution in [0.5, 0.6) is 0 Å². The van der Waals surface area contributed by atoms with E-state index in [9.17, 15) is 18.0 Å². The van der Waals surface area contributed by atoms with E-state index in [0.717, 1.165) is 0 Å². The summed E-state index contributed by atoms with van der Waals surface area (Å²) in [6, 6.07) is 0. The van der Waals surface area contributed by atoms with E-state index in [0.29, 0.717) is 0 Å². The van der Waals surface area contributed by atoms with Crippen LogP contribution in [-0.2, 0) is 17.7 Å². The number of fused-ring (bicyclic) bond motifs is 1. The van der Waals surface area contributed by atoms with Crippen LogP contribution in [0.1, 0.15) is 22.7 Å². The minimum atomic E-state index is -4.25. The van der Waals surface area contributed by atoms with Crippen LogP contribution in [0, 0.1) is 5.92 Å². The molecule has 0 radical (unpaired) electrons. The van der Waals surface area contributed by atoms with Crippen LogP contribution in [0.15, 0.2) is 0 Å². The number of esters is 1. The van der Waals surface area contributed by atoms with Crippen LogP contribution in [0.3, 0.4) is 0 Å². The summed E-state index contributed by atoms with van der Waals surface area (Å²) in [6.07, 6.45) is -4.60. The zero-order valence-corrected chi connectivity index (χ0v) is 9.62. The van der Waals surface area contributed by atoms with Crippen molar-refractivity contribution in [1.29, 1.82) is 0 Å². The Morgan fingerprint density at radius 2 is 2.22 bits per heavy atom. The molecule has 18 heavy (non-hydrogen) atoms. The third-order valence-electron chi connectivity index (χ3n) is 3.05. The number of hydrogen-bond donors (Lipinski definition) is 1. The van der Waals surface area contributed by atoms with Gasteiger partial charge in [-0.2, -0.15) is 13.2 Å². The van der Waals surface area contributed by atoms with Gasteiger partial charge in [0, 0.05) is 13.0 Å². The lowest BCUT2D eigenvalue weighted by Crippen LogP contribution is -2.32. The fraction of sp³-hybridized carbons (Fsp3) is 0.600. The predicted molar refractivity (Wildman–Crippen MR) is 55.8 cm³/mol. The fourth-order valence-electron chi connectivity index (χ4n) is 2.11. The third-order valence-corrected chi connectivity index (χ3v) is 3.05. The number of anilines is 1. The molecule has 0 saturated heterocycles. The average molecular weight is 263 g/mol. The summed E-state index contributed by atoms with van der Waals surface area (Å²) in [6.45, 7) is 0.0636. The summed E-state index contributed by atoms with van der Waals surface area (Å²) < 4.78 is 43.8. The van der Waals surface area contributed by atoms with E-state index in [4.69, 9.17) is 5.73 Å². The highest BCUT2D eigenvalue weighted by Crippen LogP contribution is 2.35. The number of ether oxygens (including phenoxy) is 1. The maximum absolute atomic E-state index is 12.6. The van der Waals surface area contributed by atoms with Gasteiger partial charge in [-0.3, -0.25) is 0 Å². The number of methoxy groups -OCH3 is 1. The van der Waals surface area contributed by atoms with Crippen LogP contribution in [0.25, 0.3) is 0 Å². The molecule has 0 fully saturated rings. The van der Waals surface area contributed by atoms with Crippen LogP contribution in [0.4, 0.5) is 19.0 Å². The topological polar surface area (TPSA) is 70.1 Å². The van der Waals surface area contributed by atoms with Crippen LogP contribution >= 0.6 is 0 Å². The van der Waals surface area contributed by atoms with E-state index >= 15 is 0 Å². The Morgan fingerprint density at radius 1 is 1.56 bits per heavy atom. The molecule has 1 aromatic heterocycles. The maximum atomic E-state index is 12.6. The van der Waals surface area contributed by atoms with Crippen molar-refractivity contribution in [3.8, 4) is 0 Å². The molecule has 100 valence electrons. The number of carbonyl (C=O) groups excluding carboxylic acids is 1. The van der Waals surface area contributed by atoms with E-state index in [2.05, 4.69) is 9.72 Å². The summed E-state index contributed by atoms with van der Waals surface area (Å²) in [4.78, 5) is 15.3. The summed E-state index contributed by atoms with van der Waals surface area (Å²) in [5, 5.41) is 0. The lowest BCUT2D eigenvalue weighted by atomic mass is 9.97. The molecular formula is C10H12F3N3O2. The monoisotopic (exact) mass is 263 g/mol. The normalized spacial score (nSPS) is 19.4. The van der Waals surface area contributed by atoms with E-state index in [1.165, 1.54) is 11.7 Å². The Hall–Kier alpha value is -1.73. The van der Waals surface area contributed by atoms with Gasteiger partial charge in [0.25, 0.3) is 0 Å². The zero-order chi connectivity index (χ0) is 13.5. The number of nitrogens with two attached hydrogens (primary N) is 1. The van der Waals surface area contributed by atoms with Crippen molar-refractivity contribution >= 4 is 11.8 Å². The molecule has 2 N–H and O–H groups in total. The Balaban J connectivity index is 2.34. The van der Waals surface area contributed by atoms with Crippen molar-refractivity contribution in [3.63, 3.8) is 0 Å². The molecule has 2 heterocycles. The lowest BCUT2D eigenvalue weighted by molar-refractivity contribution is -0.179. The molecule has 1 unspecified atom stereocenters. The smallest absolute Gasteiger partial charge is 0.392 e. The highest BCUT2D eigenvalue weighted by molar-refractivity contribution is 5.92. The molecular weight excluding hydrogens is 251 g/mol. The predicted octanol–water partition coefficient (Wildman–Crippen LogP) is 1.38. The van der Waals surface area contributed by atoms with Gasteiger partial charge in [-0.1, -0.05) is 0 Å². The molecule has 0 bridgehead atoms.